The zero-order valence-corrected chi connectivity index (χ0v) is 12.0. The van der Waals surface area contributed by atoms with Gasteiger partial charge in [-0.1, -0.05) is 12.1 Å². The number of nitroso groups, excluding NO2 is 1. The molecule has 2 rings (SSSR count). The Bertz CT molecular complexity index is 639. The molecule has 0 atom stereocenters. The summed E-state index contributed by atoms with van der Waals surface area (Å²) >= 11 is 1.09. The van der Waals surface area contributed by atoms with Crippen molar-refractivity contribution in [2.45, 2.75) is 13.8 Å². The molecule has 0 radical (unpaired) electrons. The summed E-state index contributed by atoms with van der Waals surface area (Å²) < 4.78 is 0. The number of carbonyl (C=O) groups excluding carboxylic acids is 1. The fourth-order valence-corrected chi connectivity index (χ4v) is 2.50. The molecule has 1 heterocycles. The molecule has 104 valence electrons. The number of H-pyrrole nitrogens is 1. The smallest absolute Gasteiger partial charge is 0.342 e. The normalized spacial score (nSPS) is 10.1. The summed E-state index contributed by atoms with van der Waals surface area (Å²) in [5, 5.41) is 9.48. The first kappa shape index (κ1) is 14.1. The quantitative estimate of drug-likeness (QED) is 0.830. The summed E-state index contributed by atoms with van der Waals surface area (Å²) in [6.45, 7) is 4.58. The number of nitrogens with zero attached hydrogens (tertiary/aromatic N) is 1. The minimum atomic E-state index is -0.227. The topological polar surface area (TPSA) is 84.7 Å². The third kappa shape index (κ3) is 3.00. The summed E-state index contributed by atoms with van der Waals surface area (Å²) in [4.78, 5) is 25.5. The van der Waals surface area contributed by atoms with Crippen molar-refractivity contribution in [3.8, 4) is 0 Å². The van der Waals surface area contributed by atoms with Gasteiger partial charge >= 0.3 is 11.0 Å². The van der Waals surface area contributed by atoms with Gasteiger partial charge < -0.3 is 5.32 Å². The SMILES string of the molecule is CCNc1cccc(C)c1C(=O)Nc1[nH+]cc(N=O)s1. The highest BCUT2D eigenvalue weighted by Gasteiger charge is 2.20. The fraction of sp³-hybridized carbons (Fsp3) is 0.231. The van der Waals surface area contributed by atoms with E-state index in [1.807, 2.05) is 32.0 Å². The Morgan fingerprint density at radius 3 is 2.90 bits per heavy atom. The van der Waals surface area contributed by atoms with Crippen LogP contribution in [0.3, 0.4) is 0 Å². The second-order valence-electron chi connectivity index (χ2n) is 4.13. The molecule has 0 bridgehead atoms. The highest BCUT2D eigenvalue weighted by molar-refractivity contribution is 7.18. The van der Waals surface area contributed by atoms with Gasteiger partial charge in [-0.2, -0.15) is 5.32 Å². The maximum Gasteiger partial charge on any atom is 0.342 e. The van der Waals surface area contributed by atoms with Crippen LogP contribution in [0.15, 0.2) is 29.6 Å². The van der Waals surface area contributed by atoms with E-state index in [9.17, 15) is 9.70 Å². The Morgan fingerprint density at radius 1 is 1.45 bits per heavy atom. The number of amides is 1. The number of hydrogen-bond acceptors (Lipinski definition) is 5. The number of hydrogen-bond donors (Lipinski definition) is 2. The average Bonchev–Trinajstić information content (AvgIpc) is 2.86. The fourth-order valence-electron chi connectivity index (χ4n) is 1.87. The summed E-state index contributed by atoms with van der Waals surface area (Å²) in [7, 11) is 0. The lowest BCUT2D eigenvalue weighted by atomic mass is 10.1. The van der Waals surface area contributed by atoms with Crippen LogP contribution in [-0.2, 0) is 0 Å². The van der Waals surface area contributed by atoms with Gasteiger partial charge in [-0.15, -0.1) is 4.91 Å². The van der Waals surface area contributed by atoms with Gasteiger partial charge in [-0.05, 0) is 42.0 Å². The Morgan fingerprint density at radius 2 is 2.25 bits per heavy atom. The first-order valence-corrected chi connectivity index (χ1v) is 6.97. The van der Waals surface area contributed by atoms with Crippen LogP contribution in [0, 0.1) is 11.8 Å². The molecule has 0 saturated carbocycles. The van der Waals surface area contributed by atoms with Gasteiger partial charge in [0.2, 0.25) is 5.00 Å². The summed E-state index contributed by atoms with van der Waals surface area (Å²) in [5.41, 5.74) is 2.26. The molecule has 0 spiro atoms. The molecule has 1 aromatic carbocycles. The van der Waals surface area contributed by atoms with E-state index in [4.69, 9.17) is 0 Å². The summed E-state index contributed by atoms with van der Waals surface area (Å²) in [6.07, 6.45) is 1.45. The van der Waals surface area contributed by atoms with Crippen molar-refractivity contribution in [2.75, 3.05) is 17.2 Å². The lowest BCUT2D eigenvalue weighted by Crippen LogP contribution is -2.19. The van der Waals surface area contributed by atoms with Crippen LogP contribution in [-0.4, -0.2) is 12.5 Å². The Labute approximate surface area is 120 Å². The maximum atomic E-state index is 12.4. The zero-order valence-electron chi connectivity index (χ0n) is 11.2. The number of anilines is 2. The molecule has 0 aliphatic carbocycles. The van der Waals surface area contributed by atoms with Gasteiger partial charge in [-0.3, -0.25) is 0 Å². The van der Waals surface area contributed by atoms with Crippen molar-refractivity contribution >= 4 is 33.1 Å². The lowest BCUT2D eigenvalue weighted by molar-refractivity contribution is -0.353. The molecule has 0 aliphatic heterocycles. The van der Waals surface area contributed by atoms with E-state index >= 15 is 0 Å². The van der Waals surface area contributed by atoms with E-state index in [-0.39, 0.29) is 10.9 Å². The molecule has 2 aromatic rings. The first-order chi connectivity index (χ1) is 9.65. The molecular weight excluding hydrogens is 276 g/mol. The van der Waals surface area contributed by atoms with E-state index in [1.54, 1.807) is 0 Å². The average molecular weight is 291 g/mol. The van der Waals surface area contributed by atoms with Crippen molar-refractivity contribution in [3.05, 3.63) is 40.4 Å². The number of rotatable bonds is 5. The molecule has 1 aromatic heterocycles. The highest BCUT2D eigenvalue weighted by Crippen LogP contribution is 2.25. The van der Waals surface area contributed by atoms with Crippen LogP contribution in [0.2, 0.25) is 0 Å². The number of aryl methyl sites for hydroxylation is 1. The number of thiazole rings is 1. The monoisotopic (exact) mass is 291 g/mol. The predicted octanol–water partition coefficient (Wildman–Crippen LogP) is 2.95. The Hall–Kier alpha value is -2.28. The molecule has 0 fully saturated rings. The van der Waals surface area contributed by atoms with Gasteiger partial charge in [0.25, 0.3) is 0 Å². The first-order valence-electron chi connectivity index (χ1n) is 6.15. The van der Waals surface area contributed by atoms with Crippen LogP contribution >= 0.6 is 11.3 Å². The number of nitrogens with one attached hydrogen (secondary N) is 3. The van der Waals surface area contributed by atoms with Gasteiger partial charge in [0.05, 0.1) is 5.56 Å². The molecule has 0 unspecified atom stereocenters. The standard InChI is InChI=1S/C13H14N4O2S/c1-3-14-9-6-4-5-8(2)11(9)12(18)16-13-15-7-10(17-19)20-13/h4-7,14H,3H2,1-2H3,(H,15,16,18)/p+1. The van der Waals surface area contributed by atoms with Crippen LogP contribution in [0.25, 0.3) is 0 Å². The van der Waals surface area contributed by atoms with Crippen LogP contribution in [0.4, 0.5) is 15.8 Å². The molecule has 7 heteroatoms. The summed E-state index contributed by atoms with van der Waals surface area (Å²) in [6, 6.07) is 5.64. The molecule has 3 N–H and O–H groups in total. The Balaban J connectivity index is 2.26. The highest BCUT2D eigenvalue weighted by atomic mass is 32.1. The second kappa shape index (κ2) is 6.25. The van der Waals surface area contributed by atoms with E-state index in [1.165, 1.54) is 6.20 Å². The third-order valence-corrected chi connectivity index (χ3v) is 3.54. The van der Waals surface area contributed by atoms with Crippen molar-refractivity contribution in [1.29, 1.82) is 0 Å². The summed E-state index contributed by atoms with van der Waals surface area (Å²) in [5.74, 6) is -0.227. The number of aromatic nitrogens is 1. The van der Waals surface area contributed by atoms with Crippen molar-refractivity contribution in [1.82, 2.24) is 0 Å². The van der Waals surface area contributed by atoms with Crippen molar-refractivity contribution < 1.29 is 9.78 Å². The van der Waals surface area contributed by atoms with Crippen LogP contribution in [0.5, 0.6) is 0 Å². The van der Waals surface area contributed by atoms with Gasteiger partial charge in [0, 0.05) is 12.2 Å². The van der Waals surface area contributed by atoms with Gasteiger partial charge in [-0.25, -0.2) is 9.78 Å². The second-order valence-corrected chi connectivity index (χ2v) is 5.16. The zero-order chi connectivity index (χ0) is 14.5. The predicted molar refractivity (Wildman–Crippen MR) is 79.6 cm³/mol. The number of carbonyl (C=O) groups is 1. The largest absolute Gasteiger partial charge is 0.385 e. The van der Waals surface area contributed by atoms with Crippen molar-refractivity contribution in [2.24, 2.45) is 5.18 Å². The maximum absolute atomic E-state index is 12.4. The molecular formula is C13H15N4O2S+. The number of aromatic amines is 1. The minimum Gasteiger partial charge on any atom is -0.385 e. The third-order valence-electron chi connectivity index (χ3n) is 2.72. The minimum absolute atomic E-state index is 0.227. The molecule has 1 amide bonds. The van der Waals surface area contributed by atoms with E-state index in [0.29, 0.717) is 10.7 Å². The molecule has 20 heavy (non-hydrogen) atoms. The lowest BCUT2D eigenvalue weighted by Gasteiger charge is -2.10. The van der Waals surface area contributed by atoms with E-state index in [2.05, 4.69) is 20.8 Å². The van der Waals surface area contributed by atoms with Crippen LogP contribution in [0.1, 0.15) is 22.8 Å². The van der Waals surface area contributed by atoms with E-state index < -0.39 is 0 Å². The van der Waals surface area contributed by atoms with Crippen LogP contribution < -0.4 is 15.6 Å². The molecule has 0 aliphatic rings. The van der Waals surface area contributed by atoms with Gasteiger partial charge in [0.1, 0.15) is 6.20 Å². The molecule has 6 nitrogen and oxygen atoms in total. The van der Waals surface area contributed by atoms with Crippen molar-refractivity contribution in [3.63, 3.8) is 0 Å². The Kier molecular flexibility index (Phi) is 4.41. The van der Waals surface area contributed by atoms with E-state index in [0.717, 1.165) is 29.1 Å². The number of benzene rings is 1. The molecule has 0 saturated heterocycles. The van der Waals surface area contributed by atoms with Gasteiger partial charge in [0.15, 0.2) is 0 Å².